The standard InChI is InChI=1S/C24H27Cl2NO5S/c1-5-33-9-8-32-24(30)19-13(3)27-17-10-12(2)18(23(29)31-4)22(28)21(17)20(19)14-6-7-15(25)16(26)11-14/h6-7,11-12,18,20,27H,5,8-10H2,1-4H3/t12-,18-,20+/m1/s1. The molecule has 0 saturated heterocycles. The summed E-state index contributed by atoms with van der Waals surface area (Å²) in [6.45, 7) is 5.91. The van der Waals surface area contributed by atoms with Gasteiger partial charge in [0, 0.05) is 28.6 Å². The summed E-state index contributed by atoms with van der Waals surface area (Å²) in [5.74, 6) is -1.80. The molecule has 0 aromatic heterocycles. The summed E-state index contributed by atoms with van der Waals surface area (Å²) in [6.07, 6.45) is 0.464. The van der Waals surface area contributed by atoms with Crippen LogP contribution in [-0.4, -0.2) is 42.9 Å². The van der Waals surface area contributed by atoms with Crippen LogP contribution in [0.25, 0.3) is 0 Å². The average molecular weight is 512 g/mol. The van der Waals surface area contributed by atoms with E-state index in [0.717, 1.165) is 5.75 Å². The molecule has 1 aliphatic heterocycles. The number of rotatable bonds is 7. The molecule has 9 heteroatoms. The Kier molecular flexibility index (Phi) is 8.54. The Morgan fingerprint density at radius 3 is 2.61 bits per heavy atom. The Balaban J connectivity index is 2.10. The lowest BCUT2D eigenvalue weighted by Crippen LogP contribution is -2.43. The minimum Gasteiger partial charge on any atom is -0.468 e. The molecule has 1 aromatic carbocycles. The van der Waals surface area contributed by atoms with E-state index in [1.54, 1.807) is 36.9 Å². The fourth-order valence-electron chi connectivity index (χ4n) is 4.39. The molecular weight excluding hydrogens is 485 g/mol. The number of Topliss-reactive ketones (excluding diaryl/α,β-unsaturated/α-hetero) is 1. The number of esters is 2. The molecule has 1 aliphatic carbocycles. The van der Waals surface area contributed by atoms with Crippen LogP contribution in [0.4, 0.5) is 0 Å². The first-order valence-electron chi connectivity index (χ1n) is 10.7. The molecule has 0 fully saturated rings. The van der Waals surface area contributed by atoms with Gasteiger partial charge >= 0.3 is 11.9 Å². The van der Waals surface area contributed by atoms with Crippen molar-refractivity contribution in [3.8, 4) is 0 Å². The number of hydrogen-bond donors (Lipinski definition) is 1. The van der Waals surface area contributed by atoms with Gasteiger partial charge in [0.05, 0.1) is 22.7 Å². The molecule has 1 heterocycles. The molecule has 2 aliphatic rings. The molecule has 3 atom stereocenters. The van der Waals surface area contributed by atoms with Gasteiger partial charge < -0.3 is 14.8 Å². The quantitative estimate of drug-likeness (QED) is 0.316. The maximum atomic E-state index is 13.6. The topological polar surface area (TPSA) is 81.7 Å². The van der Waals surface area contributed by atoms with Crippen molar-refractivity contribution >= 4 is 52.7 Å². The predicted molar refractivity (Wildman–Crippen MR) is 130 cm³/mol. The molecule has 0 spiro atoms. The van der Waals surface area contributed by atoms with Gasteiger partial charge in [-0.1, -0.05) is 43.1 Å². The second-order valence-corrected chi connectivity index (χ2v) is 10.3. The first kappa shape index (κ1) is 25.7. The van der Waals surface area contributed by atoms with Crippen molar-refractivity contribution in [2.24, 2.45) is 11.8 Å². The number of nitrogens with one attached hydrogen (secondary N) is 1. The van der Waals surface area contributed by atoms with Crippen molar-refractivity contribution in [1.82, 2.24) is 5.32 Å². The molecule has 6 nitrogen and oxygen atoms in total. The molecule has 33 heavy (non-hydrogen) atoms. The molecule has 0 saturated carbocycles. The first-order valence-corrected chi connectivity index (χ1v) is 12.6. The zero-order valence-corrected chi connectivity index (χ0v) is 21.3. The molecule has 0 radical (unpaired) electrons. The molecule has 0 amide bonds. The van der Waals surface area contributed by atoms with Gasteiger partial charge in [-0.2, -0.15) is 11.8 Å². The van der Waals surface area contributed by atoms with Crippen LogP contribution in [0, 0.1) is 11.8 Å². The van der Waals surface area contributed by atoms with Crippen molar-refractivity contribution in [1.29, 1.82) is 0 Å². The van der Waals surface area contributed by atoms with Crippen LogP contribution < -0.4 is 5.32 Å². The van der Waals surface area contributed by atoms with Gasteiger partial charge in [0.2, 0.25) is 0 Å². The Bertz CT molecular complexity index is 1040. The van der Waals surface area contributed by atoms with Crippen LogP contribution in [0.2, 0.25) is 10.0 Å². The lowest BCUT2D eigenvalue weighted by molar-refractivity contribution is -0.151. The summed E-state index contributed by atoms with van der Waals surface area (Å²) in [4.78, 5) is 39.3. The van der Waals surface area contributed by atoms with Gasteiger partial charge in [-0.3, -0.25) is 9.59 Å². The van der Waals surface area contributed by atoms with Crippen LogP contribution in [0.5, 0.6) is 0 Å². The number of halogens is 2. The van der Waals surface area contributed by atoms with E-state index in [2.05, 4.69) is 5.32 Å². The minimum atomic E-state index is -0.947. The highest BCUT2D eigenvalue weighted by Gasteiger charge is 2.47. The number of carbonyl (C=O) groups is 3. The van der Waals surface area contributed by atoms with E-state index < -0.39 is 23.8 Å². The van der Waals surface area contributed by atoms with Crippen molar-refractivity contribution in [2.45, 2.75) is 33.1 Å². The van der Waals surface area contributed by atoms with Gasteiger partial charge in [0.25, 0.3) is 0 Å². The molecule has 1 aromatic rings. The number of dihydropyridines is 1. The minimum absolute atomic E-state index is 0.252. The van der Waals surface area contributed by atoms with Gasteiger partial charge in [0.15, 0.2) is 5.78 Å². The van der Waals surface area contributed by atoms with Gasteiger partial charge in [-0.25, -0.2) is 4.79 Å². The number of ketones is 1. The van der Waals surface area contributed by atoms with Crippen molar-refractivity contribution < 1.29 is 23.9 Å². The smallest absolute Gasteiger partial charge is 0.336 e. The number of hydrogen-bond acceptors (Lipinski definition) is 7. The van der Waals surface area contributed by atoms with E-state index >= 15 is 0 Å². The van der Waals surface area contributed by atoms with Crippen LogP contribution >= 0.6 is 35.0 Å². The molecule has 1 N–H and O–H groups in total. The second-order valence-electron chi connectivity index (χ2n) is 8.04. The number of benzene rings is 1. The lowest BCUT2D eigenvalue weighted by atomic mass is 9.69. The molecule has 178 valence electrons. The zero-order chi connectivity index (χ0) is 24.3. The predicted octanol–water partition coefficient (Wildman–Crippen LogP) is 4.90. The monoisotopic (exact) mass is 511 g/mol. The summed E-state index contributed by atoms with van der Waals surface area (Å²) in [7, 11) is 1.27. The highest BCUT2D eigenvalue weighted by Crippen LogP contribution is 2.46. The number of ether oxygens (including phenoxy) is 2. The van der Waals surface area contributed by atoms with Crippen molar-refractivity contribution in [3.05, 3.63) is 56.3 Å². The van der Waals surface area contributed by atoms with E-state index in [9.17, 15) is 14.4 Å². The Morgan fingerprint density at radius 2 is 1.97 bits per heavy atom. The highest BCUT2D eigenvalue weighted by molar-refractivity contribution is 7.99. The fourth-order valence-corrected chi connectivity index (χ4v) is 5.19. The number of carbonyl (C=O) groups excluding carboxylic acids is 3. The zero-order valence-electron chi connectivity index (χ0n) is 19.0. The number of methoxy groups -OCH3 is 1. The summed E-state index contributed by atoms with van der Waals surface area (Å²) >= 11 is 14.1. The third-order valence-electron chi connectivity index (χ3n) is 5.90. The molecular formula is C24H27Cl2NO5S. The van der Waals surface area contributed by atoms with Gasteiger partial charge in [0.1, 0.15) is 12.5 Å². The van der Waals surface area contributed by atoms with E-state index in [1.165, 1.54) is 7.11 Å². The average Bonchev–Trinajstić information content (AvgIpc) is 2.77. The second kappa shape index (κ2) is 11.0. The Morgan fingerprint density at radius 1 is 1.24 bits per heavy atom. The summed E-state index contributed by atoms with van der Waals surface area (Å²) < 4.78 is 10.5. The number of thioether (sulfide) groups is 1. The first-order chi connectivity index (χ1) is 15.7. The van der Waals surface area contributed by atoms with Crippen molar-refractivity contribution in [3.63, 3.8) is 0 Å². The Hall–Kier alpha value is -1.96. The number of allylic oxidation sites excluding steroid dienone is 3. The largest absolute Gasteiger partial charge is 0.468 e. The van der Waals surface area contributed by atoms with E-state index in [0.29, 0.717) is 50.3 Å². The third kappa shape index (κ3) is 5.26. The fraction of sp³-hybridized carbons (Fsp3) is 0.458. The van der Waals surface area contributed by atoms with E-state index in [1.807, 2.05) is 13.8 Å². The van der Waals surface area contributed by atoms with Crippen LogP contribution in [0.1, 0.15) is 38.7 Å². The Labute approximate surface area is 208 Å². The summed E-state index contributed by atoms with van der Waals surface area (Å²) in [5, 5.41) is 3.90. The lowest BCUT2D eigenvalue weighted by Gasteiger charge is -2.38. The van der Waals surface area contributed by atoms with Gasteiger partial charge in [-0.15, -0.1) is 0 Å². The van der Waals surface area contributed by atoms with Crippen molar-refractivity contribution in [2.75, 3.05) is 25.2 Å². The maximum absolute atomic E-state index is 13.6. The maximum Gasteiger partial charge on any atom is 0.336 e. The summed E-state index contributed by atoms with van der Waals surface area (Å²) in [6, 6.07) is 5.02. The van der Waals surface area contributed by atoms with E-state index in [-0.39, 0.29) is 18.3 Å². The normalized spacial score (nSPS) is 22.6. The van der Waals surface area contributed by atoms with Crippen LogP contribution in [-0.2, 0) is 23.9 Å². The van der Waals surface area contributed by atoms with Crippen LogP contribution in [0.15, 0.2) is 40.7 Å². The van der Waals surface area contributed by atoms with E-state index in [4.69, 9.17) is 32.7 Å². The molecule has 3 rings (SSSR count). The van der Waals surface area contributed by atoms with Gasteiger partial charge in [-0.05, 0) is 42.7 Å². The highest BCUT2D eigenvalue weighted by atomic mass is 35.5. The molecule has 0 bridgehead atoms. The SMILES string of the molecule is CCSCCOC(=O)C1=C(C)NC2=C(C(=O)[C@H](C(=O)OC)[C@H](C)C2)[C@H]1c1ccc(Cl)c(Cl)c1. The summed E-state index contributed by atoms with van der Waals surface area (Å²) in [5.41, 5.74) is 2.61. The molecule has 0 unspecified atom stereocenters. The third-order valence-corrected chi connectivity index (χ3v) is 7.51. The van der Waals surface area contributed by atoms with Crippen LogP contribution in [0.3, 0.4) is 0 Å².